The molecule has 0 unspecified atom stereocenters. The van der Waals surface area contributed by atoms with E-state index in [0.717, 1.165) is 29.8 Å². The van der Waals surface area contributed by atoms with Crippen molar-refractivity contribution >= 4 is 5.71 Å². The third kappa shape index (κ3) is 6.84. The second-order valence-electron chi connectivity index (χ2n) is 14.0. The lowest BCUT2D eigenvalue weighted by Gasteiger charge is -2.31. The number of aliphatic imine (C=N–C) groups is 1. The van der Waals surface area contributed by atoms with Crippen molar-refractivity contribution < 1.29 is 0 Å². The number of nitrogens with zero attached hydrogens (tertiary/aromatic N) is 2. The predicted molar refractivity (Wildman–Crippen MR) is 229 cm³/mol. The Labute approximate surface area is 320 Å². The lowest BCUT2D eigenvalue weighted by molar-refractivity contribution is 0.325. The first kappa shape index (κ1) is 34.8. The van der Waals surface area contributed by atoms with Gasteiger partial charge < -0.3 is 4.90 Å². The number of likely N-dealkylation sites (N-methyl/N-ethyl adjacent to an activating group) is 1. The number of hydrogen-bond acceptors (Lipinski definition) is 2. The first-order valence-corrected chi connectivity index (χ1v) is 19.2. The van der Waals surface area contributed by atoms with E-state index in [2.05, 4.69) is 214 Å². The van der Waals surface area contributed by atoms with Gasteiger partial charge in [-0.05, 0) is 81.0 Å². The zero-order chi connectivity index (χ0) is 36.9. The highest BCUT2D eigenvalue weighted by molar-refractivity contribution is 6.06. The maximum Gasteiger partial charge on any atom is 0.147 e. The Bertz CT molecular complexity index is 2360. The quantitative estimate of drug-likeness (QED) is 0.130. The maximum atomic E-state index is 5.64. The van der Waals surface area contributed by atoms with Crippen LogP contribution in [0.5, 0.6) is 0 Å². The molecule has 2 aliphatic carbocycles. The molecule has 0 amide bonds. The van der Waals surface area contributed by atoms with Gasteiger partial charge in [0.2, 0.25) is 0 Å². The minimum atomic E-state index is -0.237. The lowest BCUT2D eigenvalue weighted by Crippen LogP contribution is -2.25. The summed E-state index contributed by atoms with van der Waals surface area (Å²) in [5.41, 5.74) is 17.4. The molecule has 2 nitrogen and oxygen atoms in total. The second-order valence-corrected chi connectivity index (χ2v) is 14.0. The summed E-state index contributed by atoms with van der Waals surface area (Å²) in [7, 11) is 2.18. The topological polar surface area (TPSA) is 15.6 Å². The van der Waals surface area contributed by atoms with Gasteiger partial charge in [-0.2, -0.15) is 0 Å². The van der Waals surface area contributed by atoms with Gasteiger partial charge in [0.05, 0.1) is 0 Å². The summed E-state index contributed by atoms with van der Waals surface area (Å²) in [6.07, 6.45) is 14.6. The van der Waals surface area contributed by atoms with Crippen molar-refractivity contribution in [2.75, 3.05) is 7.05 Å². The van der Waals surface area contributed by atoms with Crippen LogP contribution < -0.4 is 0 Å². The average molecular weight is 699 g/mol. The molecule has 6 aromatic rings. The van der Waals surface area contributed by atoms with Gasteiger partial charge in [0.15, 0.2) is 0 Å². The number of benzene rings is 6. The lowest BCUT2D eigenvalue weighted by atomic mass is 9.88. The second kappa shape index (κ2) is 15.8. The van der Waals surface area contributed by atoms with E-state index in [0.29, 0.717) is 0 Å². The summed E-state index contributed by atoms with van der Waals surface area (Å²) in [4.78, 5) is 7.97. The molecule has 6 aromatic carbocycles. The first-order valence-electron chi connectivity index (χ1n) is 19.2. The molecule has 0 spiro atoms. The number of rotatable bonds is 10. The molecule has 0 aromatic heterocycles. The molecule has 54 heavy (non-hydrogen) atoms. The van der Waals surface area contributed by atoms with E-state index in [1.54, 1.807) is 0 Å². The highest BCUT2D eigenvalue weighted by atomic mass is 15.2. The van der Waals surface area contributed by atoms with Crippen LogP contribution >= 0.6 is 0 Å². The highest BCUT2D eigenvalue weighted by Gasteiger charge is 2.29. The molecule has 0 bridgehead atoms. The minimum Gasteiger partial charge on any atom is -0.349 e. The fourth-order valence-corrected chi connectivity index (χ4v) is 8.19. The van der Waals surface area contributed by atoms with E-state index in [1.165, 1.54) is 61.2 Å². The molecular formula is C52H46N2. The summed E-state index contributed by atoms with van der Waals surface area (Å²) in [5, 5.41) is 0. The van der Waals surface area contributed by atoms with Crippen molar-refractivity contribution in [3.05, 3.63) is 227 Å². The van der Waals surface area contributed by atoms with Crippen LogP contribution in [0.2, 0.25) is 0 Å². The van der Waals surface area contributed by atoms with E-state index in [1.807, 2.05) is 0 Å². The number of hydrogen-bond donors (Lipinski definition) is 0. The fraction of sp³-hybridized carbons (Fsp3) is 0.135. The van der Waals surface area contributed by atoms with Crippen LogP contribution in [0, 0.1) is 0 Å². The van der Waals surface area contributed by atoms with E-state index in [-0.39, 0.29) is 12.1 Å². The van der Waals surface area contributed by atoms with Gasteiger partial charge in [0.1, 0.15) is 6.17 Å². The van der Waals surface area contributed by atoms with Gasteiger partial charge >= 0.3 is 0 Å². The normalized spacial score (nSPS) is 14.6. The van der Waals surface area contributed by atoms with Gasteiger partial charge in [0, 0.05) is 29.9 Å². The van der Waals surface area contributed by atoms with Crippen molar-refractivity contribution in [3.8, 4) is 33.4 Å². The van der Waals surface area contributed by atoms with Crippen molar-refractivity contribution in [1.29, 1.82) is 0 Å². The first-order chi connectivity index (χ1) is 26.6. The Morgan fingerprint density at radius 1 is 0.667 bits per heavy atom. The summed E-state index contributed by atoms with van der Waals surface area (Å²) >= 11 is 0. The fourth-order valence-electron chi connectivity index (χ4n) is 8.19. The van der Waals surface area contributed by atoms with Gasteiger partial charge in [-0.25, -0.2) is 0 Å². The Morgan fingerprint density at radius 3 is 1.91 bits per heavy atom. The molecule has 0 saturated carbocycles. The van der Waals surface area contributed by atoms with E-state index in [9.17, 15) is 0 Å². The SMILES string of the molecule is C/C=C(/C1=CCC=CC=C1)N(C)[C@H](N=C(CC)c1ccccc1-c1ccccc1)c1ccc(-c2ccc(C3c4ccccc4-c4ccccc43)cc2)cc1. The van der Waals surface area contributed by atoms with E-state index in [4.69, 9.17) is 4.99 Å². The average Bonchev–Trinajstić information content (AvgIpc) is 3.34. The predicted octanol–water partition coefficient (Wildman–Crippen LogP) is 13.4. The molecule has 264 valence electrons. The Morgan fingerprint density at radius 2 is 1.26 bits per heavy atom. The molecule has 2 aliphatic rings. The summed E-state index contributed by atoms with van der Waals surface area (Å²) in [6, 6.07) is 55.2. The molecule has 0 heterocycles. The van der Waals surface area contributed by atoms with E-state index >= 15 is 0 Å². The van der Waals surface area contributed by atoms with Crippen LogP contribution in [0.15, 0.2) is 204 Å². The van der Waals surface area contributed by atoms with E-state index < -0.39 is 0 Å². The van der Waals surface area contributed by atoms with Gasteiger partial charge in [-0.15, -0.1) is 0 Å². The van der Waals surface area contributed by atoms with Gasteiger partial charge in [-0.1, -0.05) is 195 Å². The smallest absolute Gasteiger partial charge is 0.147 e. The molecule has 0 N–H and O–H groups in total. The van der Waals surface area contributed by atoms with Crippen LogP contribution in [0.25, 0.3) is 33.4 Å². The minimum absolute atomic E-state index is 0.237. The zero-order valence-electron chi connectivity index (χ0n) is 31.4. The monoisotopic (exact) mass is 698 g/mol. The number of fused-ring (bicyclic) bond motifs is 3. The third-order valence-electron chi connectivity index (χ3n) is 10.9. The highest BCUT2D eigenvalue weighted by Crippen LogP contribution is 2.48. The van der Waals surface area contributed by atoms with Crippen molar-refractivity contribution in [1.82, 2.24) is 4.90 Å². The van der Waals surface area contributed by atoms with Crippen molar-refractivity contribution in [2.24, 2.45) is 4.99 Å². The Balaban J connectivity index is 1.15. The standard InChI is InChI=1S/C52H46N2/c1-4-49(46-26-16-13-23-43(46)39-19-11-8-12-20-39)53-52(54(3)50(5-2)40-21-9-6-7-10-22-40)42-35-31-38(32-36-42)37-29-33-41(34-30-37)51-47-27-17-14-24-44(47)45-25-15-18-28-48(45)51/h5-9,11-36,51-52H,4,10H2,1-3H3/b50-5-,53-49?/t52-/m0/s1. The summed E-state index contributed by atoms with van der Waals surface area (Å²) in [6.45, 7) is 4.34. The molecule has 0 aliphatic heterocycles. The zero-order valence-corrected chi connectivity index (χ0v) is 31.4. The molecule has 0 radical (unpaired) electrons. The van der Waals surface area contributed by atoms with Crippen LogP contribution in [0.3, 0.4) is 0 Å². The van der Waals surface area contributed by atoms with Crippen LogP contribution in [0.4, 0.5) is 0 Å². The number of allylic oxidation sites excluding steroid dienone is 6. The van der Waals surface area contributed by atoms with Crippen molar-refractivity contribution in [3.63, 3.8) is 0 Å². The Hall–Kier alpha value is -6.25. The molecule has 8 rings (SSSR count). The molecule has 2 heteroatoms. The van der Waals surface area contributed by atoms with Crippen LogP contribution in [-0.4, -0.2) is 17.7 Å². The molecule has 0 saturated heterocycles. The molecule has 1 atom stereocenters. The summed E-state index contributed by atoms with van der Waals surface area (Å²) < 4.78 is 0. The van der Waals surface area contributed by atoms with Crippen molar-refractivity contribution in [2.45, 2.75) is 38.8 Å². The Kier molecular flexibility index (Phi) is 10.2. The summed E-state index contributed by atoms with van der Waals surface area (Å²) in [5.74, 6) is 0.248. The van der Waals surface area contributed by atoms with Crippen LogP contribution in [-0.2, 0) is 0 Å². The third-order valence-corrected chi connectivity index (χ3v) is 10.9. The largest absolute Gasteiger partial charge is 0.349 e. The van der Waals surface area contributed by atoms with Crippen LogP contribution in [0.1, 0.15) is 66.6 Å². The van der Waals surface area contributed by atoms with Gasteiger partial charge in [0.25, 0.3) is 0 Å². The van der Waals surface area contributed by atoms with Gasteiger partial charge in [-0.3, -0.25) is 4.99 Å². The maximum absolute atomic E-state index is 5.64. The molecule has 0 fully saturated rings. The molecular weight excluding hydrogens is 653 g/mol.